The number of halogens is 1. The number of hydrogen-bond acceptors (Lipinski definition) is 4. The van der Waals surface area contributed by atoms with Gasteiger partial charge in [-0.1, -0.05) is 23.7 Å². The first-order valence-electron chi connectivity index (χ1n) is 6.27. The number of sulfonamides is 1. The monoisotopic (exact) mass is 340 g/mol. The van der Waals surface area contributed by atoms with Crippen molar-refractivity contribution < 1.29 is 18.3 Å². The third-order valence-corrected chi connectivity index (χ3v) is 4.83. The van der Waals surface area contributed by atoms with Gasteiger partial charge in [0.25, 0.3) is 0 Å². The van der Waals surface area contributed by atoms with Crippen LogP contribution < -0.4 is 0 Å². The van der Waals surface area contributed by atoms with Crippen LogP contribution >= 0.6 is 11.6 Å². The summed E-state index contributed by atoms with van der Waals surface area (Å²) in [6.45, 7) is -0.798. The predicted molar refractivity (Wildman–Crippen MR) is 80.9 cm³/mol. The van der Waals surface area contributed by atoms with E-state index in [-0.39, 0.29) is 16.5 Å². The first-order valence-corrected chi connectivity index (χ1v) is 8.09. The molecule has 0 unspecified atom stereocenters. The van der Waals surface area contributed by atoms with Crippen LogP contribution in [-0.4, -0.2) is 35.3 Å². The molecule has 0 saturated heterocycles. The van der Waals surface area contributed by atoms with E-state index in [0.29, 0.717) is 5.69 Å². The molecule has 0 spiro atoms. The summed E-state index contributed by atoms with van der Waals surface area (Å²) in [6.07, 6.45) is 1.51. The van der Waals surface area contributed by atoms with Gasteiger partial charge in [0.1, 0.15) is 6.54 Å². The highest BCUT2D eigenvalue weighted by Gasteiger charge is 2.27. The van der Waals surface area contributed by atoms with E-state index in [1.54, 1.807) is 24.3 Å². The zero-order valence-corrected chi connectivity index (χ0v) is 13.0. The van der Waals surface area contributed by atoms with Crippen molar-refractivity contribution in [2.45, 2.75) is 11.4 Å². The maximum Gasteiger partial charge on any atom is 0.318 e. The van der Waals surface area contributed by atoms with E-state index in [4.69, 9.17) is 16.7 Å². The number of hydrogen-bond donors (Lipinski definition) is 1. The van der Waals surface area contributed by atoms with E-state index >= 15 is 0 Å². The van der Waals surface area contributed by atoms with E-state index in [0.717, 1.165) is 4.31 Å². The molecule has 8 heteroatoms. The summed E-state index contributed by atoms with van der Waals surface area (Å²) in [6, 6.07) is 10.7. The van der Waals surface area contributed by atoms with E-state index in [1.165, 1.54) is 24.4 Å². The molecule has 1 heterocycles. The van der Waals surface area contributed by atoms with Crippen molar-refractivity contribution in [3.8, 4) is 0 Å². The molecule has 22 heavy (non-hydrogen) atoms. The summed E-state index contributed by atoms with van der Waals surface area (Å²) in [7, 11) is -3.99. The summed E-state index contributed by atoms with van der Waals surface area (Å²) in [5, 5.41) is 9.23. The normalized spacial score (nSPS) is 11.5. The molecule has 0 aliphatic carbocycles. The molecule has 0 fully saturated rings. The average molecular weight is 341 g/mol. The van der Waals surface area contributed by atoms with Gasteiger partial charge in [0.15, 0.2) is 0 Å². The molecule has 0 bridgehead atoms. The number of benzene rings is 1. The van der Waals surface area contributed by atoms with Gasteiger partial charge in [-0.3, -0.25) is 9.78 Å². The number of rotatable bonds is 6. The highest BCUT2D eigenvalue weighted by Crippen LogP contribution is 2.21. The number of carboxylic acids is 1. The Bertz CT molecular complexity index is 765. The molecule has 0 aliphatic heterocycles. The molecule has 2 rings (SSSR count). The van der Waals surface area contributed by atoms with E-state index < -0.39 is 22.5 Å². The van der Waals surface area contributed by atoms with Crippen molar-refractivity contribution in [3.63, 3.8) is 0 Å². The molecular weight excluding hydrogens is 328 g/mol. The summed E-state index contributed by atoms with van der Waals surface area (Å²) < 4.78 is 26.1. The topological polar surface area (TPSA) is 87.6 Å². The van der Waals surface area contributed by atoms with E-state index in [9.17, 15) is 13.2 Å². The number of nitrogens with zero attached hydrogens (tertiary/aromatic N) is 2. The number of carboxylic acid groups (broad SMARTS) is 1. The Morgan fingerprint density at radius 2 is 2.00 bits per heavy atom. The van der Waals surface area contributed by atoms with Crippen LogP contribution in [0.3, 0.4) is 0 Å². The van der Waals surface area contributed by atoms with Crippen LogP contribution in [-0.2, 0) is 21.4 Å². The smallest absolute Gasteiger partial charge is 0.318 e. The lowest BCUT2D eigenvalue weighted by molar-refractivity contribution is -0.137. The quantitative estimate of drug-likeness (QED) is 0.869. The van der Waals surface area contributed by atoms with Gasteiger partial charge in [-0.05, 0) is 30.3 Å². The highest BCUT2D eigenvalue weighted by molar-refractivity contribution is 7.89. The third kappa shape index (κ3) is 4.03. The molecule has 0 saturated carbocycles. The van der Waals surface area contributed by atoms with Gasteiger partial charge in [0.05, 0.1) is 17.1 Å². The molecule has 0 atom stereocenters. The highest BCUT2D eigenvalue weighted by atomic mass is 35.5. The first-order chi connectivity index (χ1) is 10.4. The fourth-order valence-electron chi connectivity index (χ4n) is 1.83. The van der Waals surface area contributed by atoms with Crippen LogP contribution in [0.15, 0.2) is 53.6 Å². The van der Waals surface area contributed by atoms with Crippen molar-refractivity contribution >= 4 is 27.6 Å². The Balaban J connectivity index is 2.37. The molecule has 0 aliphatic rings. The van der Waals surface area contributed by atoms with Gasteiger partial charge in [0, 0.05) is 11.2 Å². The van der Waals surface area contributed by atoms with Gasteiger partial charge >= 0.3 is 5.97 Å². The largest absolute Gasteiger partial charge is 0.480 e. The molecule has 0 amide bonds. The molecule has 1 aromatic heterocycles. The zero-order valence-electron chi connectivity index (χ0n) is 11.4. The van der Waals surface area contributed by atoms with Crippen LogP contribution in [0.5, 0.6) is 0 Å². The molecule has 6 nitrogen and oxygen atoms in total. The summed E-state index contributed by atoms with van der Waals surface area (Å²) in [5.74, 6) is -1.25. The Morgan fingerprint density at radius 1 is 1.23 bits per heavy atom. The predicted octanol–water partition coefficient (Wildman–Crippen LogP) is 2.01. The number of aromatic nitrogens is 1. The van der Waals surface area contributed by atoms with Crippen molar-refractivity contribution in [2.24, 2.45) is 0 Å². The molecule has 2 aromatic rings. The minimum atomic E-state index is -3.99. The first kappa shape index (κ1) is 16.4. The van der Waals surface area contributed by atoms with Gasteiger partial charge < -0.3 is 5.11 Å². The molecule has 1 aromatic carbocycles. The van der Waals surface area contributed by atoms with Gasteiger partial charge in [-0.15, -0.1) is 0 Å². The van der Waals surface area contributed by atoms with Crippen molar-refractivity contribution in [1.29, 1.82) is 0 Å². The standard InChI is InChI=1S/C14H13ClN2O4S/c15-11-4-3-6-13(8-11)22(20,21)17(10-14(18)19)9-12-5-1-2-7-16-12/h1-8H,9-10H2,(H,18,19). The second kappa shape index (κ2) is 6.87. The van der Waals surface area contributed by atoms with Crippen LogP contribution in [0.4, 0.5) is 0 Å². The van der Waals surface area contributed by atoms with Crippen molar-refractivity contribution in [1.82, 2.24) is 9.29 Å². The van der Waals surface area contributed by atoms with Gasteiger partial charge in [0.2, 0.25) is 10.0 Å². The number of carbonyl (C=O) groups is 1. The second-order valence-corrected chi connectivity index (χ2v) is 6.82. The SMILES string of the molecule is O=C(O)CN(Cc1ccccn1)S(=O)(=O)c1cccc(Cl)c1. The Morgan fingerprint density at radius 3 is 2.59 bits per heavy atom. The minimum absolute atomic E-state index is 0.0582. The lowest BCUT2D eigenvalue weighted by Crippen LogP contribution is -2.35. The Kier molecular flexibility index (Phi) is 5.12. The fraction of sp³-hybridized carbons (Fsp3) is 0.143. The lowest BCUT2D eigenvalue weighted by atomic mass is 10.3. The second-order valence-electron chi connectivity index (χ2n) is 4.45. The lowest BCUT2D eigenvalue weighted by Gasteiger charge is -2.20. The molecule has 116 valence electrons. The van der Waals surface area contributed by atoms with Gasteiger partial charge in [-0.25, -0.2) is 8.42 Å². The van der Waals surface area contributed by atoms with Crippen LogP contribution in [0, 0.1) is 0 Å². The minimum Gasteiger partial charge on any atom is -0.480 e. The summed E-state index contributed by atoms with van der Waals surface area (Å²) >= 11 is 5.81. The molecular formula is C14H13ClN2O4S. The van der Waals surface area contributed by atoms with E-state index in [2.05, 4.69) is 4.98 Å². The van der Waals surface area contributed by atoms with Crippen LogP contribution in [0.1, 0.15) is 5.69 Å². The molecule has 1 N–H and O–H groups in total. The van der Waals surface area contributed by atoms with Crippen molar-refractivity contribution in [3.05, 3.63) is 59.4 Å². The van der Waals surface area contributed by atoms with E-state index in [1.807, 2.05) is 0 Å². The fourth-order valence-corrected chi connectivity index (χ4v) is 3.49. The zero-order chi connectivity index (χ0) is 16.2. The maximum atomic E-state index is 12.6. The maximum absolute atomic E-state index is 12.6. The summed E-state index contributed by atoms with van der Waals surface area (Å²) in [5.41, 5.74) is 0.453. The Hall–Kier alpha value is -1.96. The Labute approximate surface area is 133 Å². The third-order valence-electron chi connectivity index (χ3n) is 2.81. The van der Waals surface area contributed by atoms with Gasteiger partial charge in [-0.2, -0.15) is 4.31 Å². The summed E-state index contributed by atoms with van der Waals surface area (Å²) in [4.78, 5) is 15.0. The molecule has 0 radical (unpaired) electrons. The van der Waals surface area contributed by atoms with Crippen molar-refractivity contribution in [2.75, 3.05) is 6.54 Å². The van der Waals surface area contributed by atoms with Crippen LogP contribution in [0.25, 0.3) is 0 Å². The number of aliphatic carboxylic acids is 1. The number of pyridine rings is 1. The average Bonchev–Trinajstić information content (AvgIpc) is 2.47. The van der Waals surface area contributed by atoms with Crippen LogP contribution in [0.2, 0.25) is 5.02 Å².